The van der Waals surface area contributed by atoms with Gasteiger partial charge >= 0.3 is 6.18 Å². The van der Waals surface area contributed by atoms with Crippen LogP contribution in [0.3, 0.4) is 0 Å². The zero-order valence-corrected chi connectivity index (χ0v) is 13.6. The molecule has 0 fully saturated rings. The van der Waals surface area contributed by atoms with Gasteiger partial charge in [0.1, 0.15) is 5.41 Å². The second kappa shape index (κ2) is 7.02. The number of alkyl halides is 3. The summed E-state index contributed by atoms with van der Waals surface area (Å²) < 4.78 is 38.9. The summed E-state index contributed by atoms with van der Waals surface area (Å²) in [6, 6.07) is 4.68. The first-order valence-electron chi connectivity index (χ1n) is 7.32. The predicted molar refractivity (Wildman–Crippen MR) is 81.8 cm³/mol. The highest BCUT2D eigenvalue weighted by atomic mass is 19.4. The van der Waals surface area contributed by atoms with Crippen LogP contribution in [0.1, 0.15) is 33.3 Å². The Labute approximate surface area is 133 Å². The lowest BCUT2D eigenvalue weighted by Crippen LogP contribution is -2.47. The van der Waals surface area contributed by atoms with Gasteiger partial charge in [-0.1, -0.05) is 12.1 Å². The van der Waals surface area contributed by atoms with Crippen LogP contribution < -0.4 is 5.32 Å². The average molecular weight is 330 g/mol. The third kappa shape index (κ3) is 4.24. The molecule has 0 saturated carbocycles. The van der Waals surface area contributed by atoms with Crippen molar-refractivity contribution in [2.75, 3.05) is 18.4 Å². The van der Waals surface area contributed by atoms with Gasteiger partial charge in [0.05, 0.1) is 11.3 Å². The van der Waals surface area contributed by atoms with Gasteiger partial charge in [-0.3, -0.25) is 9.59 Å². The van der Waals surface area contributed by atoms with Gasteiger partial charge in [0.15, 0.2) is 0 Å². The molecule has 0 aliphatic rings. The third-order valence-corrected chi connectivity index (χ3v) is 3.63. The van der Waals surface area contributed by atoms with Crippen LogP contribution in [0.15, 0.2) is 24.3 Å². The van der Waals surface area contributed by atoms with Crippen LogP contribution in [0, 0.1) is 5.41 Å². The molecular weight excluding hydrogens is 309 g/mol. The minimum absolute atomic E-state index is 0.356. The van der Waals surface area contributed by atoms with Crippen molar-refractivity contribution in [1.29, 1.82) is 0 Å². The highest BCUT2D eigenvalue weighted by Gasteiger charge is 2.40. The number of hydrogen-bond acceptors (Lipinski definition) is 2. The van der Waals surface area contributed by atoms with Crippen LogP contribution in [0.4, 0.5) is 18.9 Å². The van der Waals surface area contributed by atoms with Crippen LogP contribution in [-0.2, 0) is 15.8 Å². The van der Waals surface area contributed by atoms with Crippen molar-refractivity contribution in [3.8, 4) is 0 Å². The molecule has 0 aromatic heterocycles. The topological polar surface area (TPSA) is 49.4 Å². The second-order valence-electron chi connectivity index (χ2n) is 5.60. The van der Waals surface area contributed by atoms with Crippen LogP contribution >= 0.6 is 0 Å². The van der Waals surface area contributed by atoms with E-state index in [4.69, 9.17) is 0 Å². The Kier molecular flexibility index (Phi) is 5.80. The van der Waals surface area contributed by atoms with E-state index >= 15 is 0 Å². The monoisotopic (exact) mass is 330 g/mol. The number of nitrogens with zero attached hydrogens (tertiary/aromatic N) is 1. The number of nitrogens with one attached hydrogen (secondary N) is 1. The molecule has 0 saturated heterocycles. The average Bonchev–Trinajstić information content (AvgIpc) is 2.47. The molecule has 23 heavy (non-hydrogen) atoms. The molecule has 0 bridgehead atoms. The molecule has 1 aromatic carbocycles. The molecule has 2 amide bonds. The van der Waals surface area contributed by atoms with Crippen molar-refractivity contribution < 1.29 is 22.8 Å². The Hall–Kier alpha value is -2.05. The minimum atomic E-state index is -4.59. The van der Waals surface area contributed by atoms with Gasteiger partial charge in [0, 0.05) is 13.1 Å². The lowest BCUT2D eigenvalue weighted by atomic mass is 9.90. The Morgan fingerprint density at radius 1 is 1.09 bits per heavy atom. The molecule has 0 radical (unpaired) electrons. The van der Waals surface area contributed by atoms with Gasteiger partial charge in [0.2, 0.25) is 11.8 Å². The van der Waals surface area contributed by atoms with Gasteiger partial charge < -0.3 is 10.2 Å². The molecule has 0 aliphatic heterocycles. The fourth-order valence-electron chi connectivity index (χ4n) is 2.12. The zero-order chi connectivity index (χ0) is 17.8. The van der Waals surface area contributed by atoms with Crippen molar-refractivity contribution in [3.63, 3.8) is 0 Å². The zero-order valence-electron chi connectivity index (χ0n) is 13.6. The predicted octanol–water partition coefficient (Wildman–Crippen LogP) is 3.54. The van der Waals surface area contributed by atoms with E-state index in [0.717, 1.165) is 6.07 Å². The molecule has 1 N–H and O–H groups in total. The Bertz CT molecular complexity index is 579. The summed E-state index contributed by atoms with van der Waals surface area (Å²) in [6.07, 6.45) is -4.59. The first-order valence-corrected chi connectivity index (χ1v) is 7.32. The van der Waals surface area contributed by atoms with Gasteiger partial charge in [-0.15, -0.1) is 0 Å². The molecule has 7 heteroatoms. The highest BCUT2D eigenvalue weighted by molar-refractivity contribution is 6.10. The molecule has 1 rings (SSSR count). The highest BCUT2D eigenvalue weighted by Crippen LogP contribution is 2.35. The van der Waals surface area contributed by atoms with Crippen LogP contribution in [0.25, 0.3) is 0 Å². The Morgan fingerprint density at radius 2 is 1.61 bits per heavy atom. The summed E-state index contributed by atoms with van der Waals surface area (Å²) in [6.45, 7) is 7.19. The molecule has 0 aliphatic carbocycles. The summed E-state index contributed by atoms with van der Waals surface area (Å²) in [5.41, 5.74) is -2.77. The van der Waals surface area contributed by atoms with Gasteiger partial charge in [-0.25, -0.2) is 0 Å². The third-order valence-electron chi connectivity index (χ3n) is 3.63. The van der Waals surface area contributed by atoms with Crippen LogP contribution in [-0.4, -0.2) is 29.8 Å². The number of hydrogen-bond donors (Lipinski definition) is 1. The SMILES string of the molecule is CCN(CC)C(=O)C(C)(C)C(=O)Nc1ccccc1C(F)(F)F. The van der Waals surface area contributed by atoms with E-state index < -0.39 is 29.0 Å². The number of carbonyl (C=O) groups is 2. The number of amides is 2. The van der Waals surface area contributed by atoms with Gasteiger partial charge in [-0.05, 0) is 39.8 Å². The lowest BCUT2D eigenvalue weighted by molar-refractivity contribution is -0.146. The van der Waals surface area contributed by atoms with Crippen LogP contribution in [0.2, 0.25) is 0 Å². The molecule has 0 unspecified atom stereocenters. The summed E-state index contributed by atoms with van der Waals surface area (Å²) in [5.74, 6) is -1.20. The number of rotatable bonds is 5. The lowest BCUT2D eigenvalue weighted by Gasteiger charge is -2.29. The van der Waals surface area contributed by atoms with Crippen molar-refractivity contribution in [2.45, 2.75) is 33.9 Å². The Morgan fingerprint density at radius 3 is 2.09 bits per heavy atom. The number of para-hydroxylation sites is 1. The summed E-state index contributed by atoms with van der Waals surface area (Å²) in [5, 5.41) is 2.23. The fourth-order valence-corrected chi connectivity index (χ4v) is 2.12. The van der Waals surface area contributed by atoms with E-state index in [-0.39, 0.29) is 5.69 Å². The van der Waals surface area contributed by atoms with Gasteiger partial charge in [0.25, 0.3) is 0 Å². The summed E-state index contributed by atoms with van der Waals surface area (Å²) in [4.78, 5) is 26.2. The van der Waals surface area contributed by atoms with E-state index in [9.17, 15) is 22.8 Å². The summed E-state index contributed by atoms with van der Waals surface area (Å²) >= 11 is 0. The van der Waals surface area contributed by atoms with Gasteiger partial charge in [-0.2, -0.15) is 13.2 Å². The normalized spacial score (nSPS) is 12.0. The van der Waals surface area contributed by atoms with E-state index in [1.54, 1.807) is 13.8 Å². The minimum Gasteiger partial charge on any atom is -0.342 e. The number of benzene rings is 1. The largest absolute Gasteiger partial charge is 0.418 e. The van der Waals surface area contributed by atoms with E-state index in [2.05, 4.69) is 5.32 Å². The standard InChI is InChI=1S/C16H21F3N2O2/c1-5-21(6-2)14(23)15(3,4)13(22)20-12-10-8-7-9-11(12)16(17,18)19/h7-10H,5-6H2,1-4H3,(H,20,22). The van der Waals surface area contributed by atoms with E-state index in [1.165, 1.54) is 36.9 Å². The van der Waals surface area contributed by atoms with Crippen molar-refractivity contribution in [2.24, 2.45) is 5.41 Å². The fraction of sp³-hybridized carbons (Fsp3) is 0.500. The molecule has 0 spiro atoms. The number of carbonyl (C=O) groups excluding carboxylic acids is 2. The first-order chi connectivity index (χ1) is 10.6. The molecular formula is C16H21F3N2O2. The first kappa shape index (κ1) is 19.0. The maximum atomic E-state index is 13.0. The van der Waals surface area contributed by atoms with E-state index in [0.29, 0.717) is 13.1 Å². The second-order valence-corrected chi connectivity index (χ2v) is 5.60. The molecule has 0 heterocycles. The summed E-state index contributed by atoms with van der Waals surface area (Å²) in [7, 11) is 0. The maximum absolute atomic E-state index is 13.0. The molecule has 128 valence electrons. The van der Waals surface area contributed by atoms with Crippen LogP contribution in [0.5, 0.6) is 0 Å². The smallest absolute Gasteiger partial charge is 0.342 e. The van der Waals surface area contributed by atoms with Crippen molar-refractivity contribution >= 4 is 17.5 Å². The Balaban J connectivity index is 3.06. The molecule has 4 nitrogen and oxygen atoms in total. The molecule has 1 aromatic rings. The van der Waals surface area contributed by atoms with Crippen molar-refractivity contribution in [1.82, 2.24) is 4.90 Å². The van der Waals surface area contributed by atoms with Crippen molar-refractivity contribution in [3.05, 3.63) is 29.8 Å². The quantitative estimate of drug-likeness (QED) is 0.840. The number of halogens is 3. The number of anilines is 1. The maximum Gasteiger partial charge on any atom is 0.418 e. The molecule has 0 atom stereocenters. The van der Waals surface area contributed by atoms with E-state index in [1.807, 2.05) is 0 Å².